The molecule has 4 rings (SSSR count). The van der Waals surface area contributed by atoms with Gasteiger partial charge in [-0.25, -0.2) is 9.78 Å². The van der Waals surface area contributed by atoms with Crippen molar-refractivity contribution < 1.29 is 14.7 Å². The Morgan fingerprint density at radius 3 is 2.49 bits per heavy atom. The number of rotatable bonds is 8. The molecule has 0 spiro atoms. The number of aromatic carboxylic acids is 1. The van der Waals surface area contributed by atoms with E-state index in [1.807, 2.05) is 78.9 Å². The van der Waals surface area contributed by atoms with Crippen LogP contribution in [0.25, 0.3) is 23.1 Å². The number of benzene rings is 3. The van der Waals surface area contributed by atoms with Crippen LogP contribution in [0.4, 0.5) is 0 Å². The summed E-state index contributed by atoms with van der Waals surface area (Å²) in [6.45, 7) is 1.49. The molecule has 0 fully saturated rings. The van der Waals surface area contributed by atoms with Gasteiger partial charge in [-0.1, -0.05) is 72.3 Å². The highest BCUT2D eigenvalue weighted by Crippen LogP contribution is 2.23. The fourth-order valence-electron chi connectivity index (χ4n) is 4.03. The molecule has 35 heavy (non-hydrogen) atoms. The number of nitrogens with one attached hydrogen (secondary N) is 1. The molecule has 0 saturated heterocycles. The summed E-state index contributed by atoms with van der Waals surface area (Å²) in [6.07, 6.45) is 5.05. The average Bonchev–Trinajstić information content (AvgIpc) is 2.85. The van der Waals surface area contributed by atoms with E-state index in [1.165, 1.54) is 6.92 Å². The number of carbonyl (C=O) groups excluding carboxylic acids is 1. The molecule has 3 aromatic carbocycles. The molecule has 0 radical (unpaired) electrons. The van der Waals surface area contributed by atoms with Crippen molar-refractivity contribution in [3.63, 3.8) is 0 Å². The monoisotopic (exact) mass is 484 g/mol. The number of halogens is 1. The van der Waals surface area contributed by atoms with Gasteiger partial charge in [0.1, 0.15) is 0 Å². The smallest absolute Gasteiger partial charge is 0.335 e. The Balaban J connectivity index is 1.48. The lowest BCUT2D eigenvalue weighted by molar-refractivity contribution is -0.119. The van der Waals surface area contributed by atoms with Crippen molar-refractivity contribution in [1.29, 1.82) is 0 Å². The van der Waals surface area contributed by atoms with E-state index in [4.69, 9.17) is 11.6 Å². The summed E-state index contributed by atoms with van der Waals surface area (Å²) in [4.78, 5) is 28.0. The number of aryl methyl sites for hydroxylation is 1. The normalized spacial score (nSPS) is 12.1. The number of amides is 1. The van der Waals surface area contributed by atoms with Crippen LogP contribution in [-0.2, 0) is 11.2 Å². The molecule has 0 aliphatic carbocycles. The largest absolute Gasteiger partial charge is 0.478 e. The fraction of sp³-hybridized carbons (Fsp3) is 0.138. The minimum atomic E-state index is -0.947. The lowest BCUT2D eigenvalue weighted by Crippen LogP contribution is -2.26. The van der Waals surface area contributed by atoms with E-state index in [0.29, 0.717) is 23.4 Å². The maximum Gasteiger partial charge on any atom is 0.335 e. The zero-order valence-electron chi connectivity index (χ0n) is 19.2. The van der Waals surface area contributed by atoms with Crippen LogP contribution < -0.4 is 5.32 Å². The predicted octanol–water partition coefficient (Wildman–Crippen LogP) is 6.57. The van der Waals surface area contributed by atoms with Gasteiger partial charge < -0.3 is 10.4 Å². The van der Waals surface area contributed by atoms with Crippen LogP contribution in [0, 0.1) is 0 Å². The van der Waals surface area contributed by atoms with Crippen molar-refractivity contribution in [2.45, 2.75) is 25.8 Å². The standard InChI is InChI=1S/C29H25ClN2O3/c1-19(33)31-27(17-13-21-4-2-3-5-26(21)29(34)35)22-9-6-20(7-10-22)8-15-25-16-12-23-11-14-24(30)18-28(23)32-25/h2-12,14-16,18,27H,13,17H2,1H3,(H,31,33)(H,34,35)/b15-8+. The third kappa shape index (κ3) is 6.34. The van der Waals surface area contributed by atoms with Crippen molar-refractivity contribution >= 4 is 46.5 Å². The minimum Gasteiger partial charge on any atom is -0.478 e. The third-order valence-corrected chi connectivity index (χ3v) is 6.02. The number of carboxylic acid groups (broad SMARTS) is 1. The van der Waals surface area contributed by atoms with Crippen molar-refractivity contribution in [3.05, 3.63) is 112 Å². The van der Waals surface area contributed by atoms with Crippen molar-refractivity contribution in [1.82, 2.24) is 10.3 Å². The third-order valence-electron chi connectivity index (χ3n) is 5.79. The SMILES string of the molecule is CC(=O)NC(CCc1ccccc1C(=O)O)c1ccc(/C=C/c2ccc3ccc(Cl)cc3n2)cc1. The highest BCUT2D eigenvalue weighted by atomic mass is 35.5. The molecule has 4 aromatic rings. The number of hydrogen-bond acceptors (Lipinski definition) is 3. The van der Waals surface area contributed by atoms with Gasteiger partial charge in [-0.2, -0.15) is 0 Å². The Kier molecular flexibility index (Phi) is 7.58. The van der Waals surface area contributed by atoms with Crippen LogP contribution in [0.1, 0.15) is 52.1 Å². The molecule has 0 aliphatic heterocycles. The molecule has 176 valence electrons. The zero-order valence-corrected chi connectivity index (χ0v) is 20.0. The molecular formula is C29H25ClN2O3. The molecule has 1 atom stereocenters. The number of carboxylic acids is 1. The van der Waals surface area contributed by atoms with Gasteiger partial charge in [-0.3, -0.25) is 4.79 Å². The van der Waals surface area contributed by atoms with Gasteiger partial charge in [-0.05, 0) is 59.9 Å². The Morgan fingerprint density at radius 1 is 1.00 bits per heavy atom. The molecule has 5 nitrogen and oxygen atoms in total. The summed E-state index contributed by atoms with van der Waals surface area (Å²) < 4.78 is 0. The molecule has 6 heteroatoms. The summed E-state index contributed by atoms with van der Waals surface area (Å²) >= 11 is 6.08. The predicted molar refractivity (Wildman–Crippen MR) is 140 cm³/mol. The second-order valence-corrected chi connectivity index (χ2v) is 8.76. The zero-order chi connectivity index (χ0) is 24.8. The number of carbonyl (C=O) groups is 2. The van der Waals surface area contributed by atoms with Gasteiger partial charge in [0.05, 0.1) is 22.8 Å². The summed E-state index contributed by atoms with van der Waals surface area (Å²) in [7, 11) is 0. The van der Waals surface area contributed by atoms with E-state index >= 15 is 0 Å². The van der Waals surface area contributed by atoms with Crippen molar-refractivity contribution in [2.75, 3.05) is 0 Å². The molecule has 2 N–H and O–H groups in total. The second kappa shape index (κ2) is 11.0. The van der Waals surface area contributed by atoms with E-state index in [2.05, 4.69) is 10.3 Å². The Labute approximate surface area is 209 Å². The Morgan fingerprint density at radius 2 is 1.74 bits per heavy atom. The van der Waals surface area contributed by atoms with Gasteiger partial charge in [0.25, 0.3) is 0 Å². The lowest BCUT2D eigenvalue weighted by Gasteiger charge is -2.19. The average molecular weight is 485 g/mol. The van der Waals surface area contributed by atoms with Gasteiger partial charge in [-0.15, -0.1) is 0 Å². The van der Waals surface area contributed by atoms with Gasteiger partial charge >= 0.3 is 5.97 Å². The van der Waals surface area contributed by atoms with Crippen LogP contribution in [0.15, 0.2) is 78.9 Å². The number of hydrogen-bond donors (Lipinski definition) is 2. The van der Waals surface area contributed by atoms with E-state index in [0.717, 1.165) is 33.3 Å². The molecule has 0 aliphatic rings. The van der Waals surface area contributed by atoms with Crippen LogP contribution in [0.5, 0.6) is 0 Å². The minimum absolute atomic E-state index is 0.132. The number of aromatic nitrogens is 1. The lowest BCUT2D eigenvalue weighted by atomic mass is 9.95. The molecular weight excluding hydrogens is 460 g/mol. The maximum atomic E-state index is 11.8. The molecule has 1 unspecified atom stereocenters. The quantitative estimate of drug-likeness (QED) is 0.296. The van der Waals surface area contributed by atoms with E-state index in [-0.39, 0.29) is 11.9 Å². The molecule has 0 bridgehead atoms. The van der Waals surface area contributed by atoms with Crippen LogP contribution in [-0.4, -0.2) is 22.0 Å². The fourth-order valence-corrected chi connectivity index (χ4v) is 4.20. The highest BCUT2D eigenvalue weighted by Gasteiger charge is 2.15. The van der Waals surface area contributed by atoms with Crippen molar-refractivity contribution in [2.24, 2.45) is 0 Å². The van der Waals surface area contributed by atoms with Crippen LogP contribution >= 0.6 is 11.6 Å². The summed E-state index contributed by atoms with van der Waals surface area (Å²) in [6, 6.07) is 24.3. The summed E-state index contributed by atoms with van der Waals surface area (Å²) in [5, 5.41) is 14.1. The Bertz CT molecular complexity index is 1400. The molecule has 1 amide bonds. The number of pyridine rings is 1. The first-order valence-corrected chi connectivity index (χ1v) is 11.7. The van der Waals surface area contributed by atoms with E-state index in [9.17, 15) is 14.7 Å². The first-order chi connectivity index (χ1) is 16.9. The van der Waals surface area contributed by atoms with E-state index < -0.39 is 5.97 Å². The number of nitrogens with zero attached hydrogens (tertiary/aromatic N) is 1. The van der Waals surface area contributed by atoms with E-state index in [1.54, 1.807) is 12.1 Å². The first-order valence-electron chi connectivity index (χ1n) is 11.3. The summed E-state index contributed by atoms with van der Waals surface area (Å²) in [5.41, 5.74) is 4.68. The summed E-state index contributed by atoms with van der Waals surface area (Å²) in [5.74, 6) is -1.08. The van der Waals surface area contributed by atoms with Crippen LogP contribution in [0.3, 0.4) is 0 Å². The highest BCUT2D eigenvalue weighted by molar-refractivity contribution is 6.31. The van der Waals surface area contributed by atoms with Gasteiger partial charge in [0, 0.05) is 17.3 Å². The number of fused-ring (bicyclic) bond motifs is 1. The molecule has 1 heterocycles. The topological polar surface area (TPSA) is 79.3 Å². The second-order valence-electron chi connectivity index (χ2n) is 8.33. The van der Waals surface area contributed by atoms with Crippen LogP contribution in [0.2, 0.25) is 5.02 Å². The van der Waals surface area contributed by atoms with Gasteiger partial charge in [0.2, 0.25) is 5.91 Å². The molecule has 1 aromatic heterocycles. The first kappa shape index (κ1) is 24.2. The van der Waals surface area contributed by atoms with Crippen molar-refractivity contribution in [3.8, 4) is 0 Å². The maximum absolute atomic E-state index is 11.8. The Hall–Kier alpha value is -3.96. The molecule has 0 saturated carbocycles. The van der Waals surface area contributed by atoms with Gasteiger partial charge in [0.15, 0.2) is 0 Å².